The molecule has 0 atom stereocenters. The molecule has 5 heteroatoms. The fourth-order valence-corrected chi connectivity index (χ4v) is 2.70. The van der Waals surface area contributed by atoms with Crippen molar-refractivity contribution >= 4 is 15.9 Å². The van der Waals surface area contributed by atoms with Gasteiger partial charge in [-0.25, -0.2) is 0 Å². The predicted octanol–water partition coefficient (Wildman–Crippen LogP) is 1.87. The molecule has 100 valence electrons. The van der Waals surface area contributed by atoms with Crippen molar-refractivity contribution in [2.75, 3.05) is 40.4 Å². The van der Waals surface area contributed by atoms with Gasteiger partial charge in [-0.1, -0.05) is 6.07 Å². The van der Waals surface area contributed by atoms with Gasteiger partial charge in [-0.05, 0) is 22.0 Å². The van der Waals surface area contributed by atoms with E-state index in [-0.39, 0.29) is 0 Å². The highest BCUT2D eigenvalue weighted by Crippen LogP contribution is 2.38. The average molecular weight is 315 g/mol. The lowest BCUT2D eigenvalue weighted by Crippen LogP contribution is -2.42. The molecule has 0 unspecified atom stereocenters. The van der Waals surface area contributed by atoms with Crippen LogP contribution in [-0.4, -0.2) is 45.3 Å². The highest BCUT2D eigenvalue weighted by molar-refractivity contribution is 9.10. The number of rotatable bonds is 4. The minimum absolute atomic E-state index is 0.769. The van der Waals surface area contributed by atoms with E-state index >= 15 is 0 Å². The maximum absolute atomic E-state index is 5.49. The van der Waals surface area contributed by atoms with Gasteiger partial charge >= 0.3 is 0 Å². The summed E-state index contributed by atoms with van der Waals surface area (Å²) >= 11 is 3.48. The molecular weight excluding hydrogens is 296 g/mol. The Hall–Kier alpha value is -0.780. The van der Waals surface area contributed by atoms with E-state index in [0.29, 0.717) is 0 Å². The van der Waals surface area contributed by atoms with Gasteiger partial charge < -0.3 is 14.8 Å². The summed E-state index contributed by atoms with van der Waals surface area (Å²) in [5.41, 5.74) is 1.17. The molecule has 0 spiro atoms. The zero-order valence-corrected chi connectivity index (χ0v) is 12.4. The largest absolute Gasteiger partial charge is 0.492 e. The Morgan fingerprint density at radius 1 is 1.17 bits per heavy atom. The maximum atomic E-state index is 5.49. The molecule has 1 aliphatic heterocycles. The first-order chi connectivity index (χ1) is 8.76. The Bertz CT molecular complexity index is 406. The van der Waals surface area contributed by atoms with Crippen LogP contribution in [0.4, 0.5) is 0 Å². The molecule has 1 fully saturated rings. The molecule has 0 aliphatic carbocycles. The molecule has 1 N–H and O–H groups in total. The van der Waals surface area contributed by atoms with E-state index in [4.69, 9.17) is 9.47 Å². The summed E-state index contributed by atoms with van der Waals surface area (Å²) in [5.74, 6) is 1.59. The van der Waals surface area contributed by atoms with Crippen molar-refractivity contribution in [2.24, 2.45) is 0 Å². The molecule has 0 saturated carbocycles. The lowest BCUT2D eigenvalue weighted by molar-refractivity contribution is 0.229. The Labute approximate surface area is 116 Å². The van der Waals surface area contributed by atoms with E-state index in [9.17, 15) is 0 Å². The molecule has 1 saturated heterocycles. The van der Waals surface area contributed by atoms with Crippen molar-refractivity contribution in [3.63, 3.8) is 0 Å². The summed E-state index contributed by atoms with van der Waals surface area (Å²) in [6, 6.07) is 4.10. The molecule has 4 nitrogen and oxygen atoms in total. The molecule has 18 heavy (non-hydrogen) atoms. The van der Waals surface area contributed by atoms with E-state index in [2.05, 4.69) is 32.2 Å². The van der Waals surface area contributed by atoms with Crippen molar-refractivity contribution in [3.05, 3.63) is 22.2 Å². The smallest absolute Gasteiger partial charge is 0.175 e. The zero-order valence-electron chi connectivity index (χ0n) is 10.8. The molecule has 1 aromatic carbocycles. The number of piperazine rings is 1. The molecular formula is C13H19BrN2O2. The first kappa shape index (κ1) is 13.6. The Morgan fingerprint density at radius 2 is 1.83 bits per heavy atom. The summed E-state index contributed by atoms with van der Waals surface area (Å²) in [7, 11) is 3.35. The predicted molar refractivity (Wildman–Crippen MR) is 75.4 cm³/mol. The van der Waals surface area contributed by atoms with Crippen molar-refractivity contribution in [1.29, 1.82) is 0 Å². The van der Waals surface area contributed by atoms with Gasteiger partial charge in [0.1, 0.15) is 0 Å². The monoisotopic (exact) mass is 314 g/mol. The number of nitrogens with one attached hydrogen (secondary N) is 1. The third-order valence-corrected chi connectivity index (χ3v) is 3.78. The summed E-state index contributed by atoms with van der Waals surface area (Å²) in [4.78, 5) is 2.42. The summed E-state index contributed by atoms with van der Waals surface area (Å²) in [6.45, 7) is 5.14. The van der Waals surface area contributed by atoms with Crippen LogP contribution in [0.2, 0.25) is 0 Å². The van der Waals surface area contributed by atoms with Crippen LogP contribution < -0.4 is 14.8 Å². The molecule has 0 radical (unpaired) electrons. The van der Waals surface area contributed by atoms with Gasteiger partial charge in [-0.15, -0.1) is 0 Å². The summed E-state index contributed by atoms with van der Waals surface area (Å²) < 4.78 is 11.8. The first-order valence-corrected chi connectivity index (χ1v) is 6.88. The van der Waals surface area contributed by atoms with Crippen LogP contribution in [0.15, 0.2) is 16.6 Å². The fourth-order valence-electron chi connectivity index (χ4n) is 2.23. The summed E-state index contributed by atoms with van der Waals surface area (Å²) in [6.07, 6.45) is 0. The Kier molecular flexibility index (Phi) is 4.86. The van der Waals surface area contributed by atoms with Gasteiger partial charge in [0.05, 0.1) is 18.7 Å². The van der Waals surface area contributed by atoms with Crippen LogP contribution in [0.3, 0.4) is 0 Å². The minimum atomic E-state index is 0.769. The van der Waals surface area contributed by atoms with Gasteiger partial charge in [-0.2, -0.15) is 0 Å². The minimum Gasteiger partial charge on any atom is -0.492 e. The number of hydrogen-bond donors (Lipinski definition) is 1. The normalized spacial score (nSPS) is 16.6. The van der Waals surface area contributed by atoms with Gasteiger partial charge in [0.15, 0.2) is 11.5 Å². The zero-order chi connectivity index (χ0) is 13.0. The number of halogens is 1. The van der Waals surface area contributed by atoms with Crippen molar-refractivity contribution < 1.29 is 9.47 Å². The maximum Gasteiger partial charge on any atom is 0.175 e. The topological polar surface area (TPSA) is 33.7 Å². The van der Waals surface area contributed by atoms with E-state index in [0.717, 1.165) is 48.7 Å². The Morgan fingerprint density at radius 3 is 2.44 bits per heavy atom. The quantitative estimate of drug-likeness (QED) is 0.920. The lowest BCUT2D eigenvalue weighted by Gasteiger charge is -2.28. The second-order valence-electron chi connectivity index (χ2n) is 4.30. The third kappa shape index (κ3) is 2.96. The number of ether oxygens (including phenoxy) is 2. The first-order valence-electron chi connectivity index (χ1n) is 6.08. The molecule has 0 bridgehead atoms. The van der Waals surface area contributed by atoms with Gasteiger partial charge in [-0.3, -0.25) is 4.90 Å². The van der Waals surface area contributed by atoms with Gasteiger partial charge in [0.25, 0.3) is 0 Å². The summed E-state index contributed by atoms with van der Waals surface area (Å²) in [5, 5.41) is 3.36. The van der Waals surface area contributed by atoms with E-state index < -0.39 is 0 Å². The van der Waals surface area contributed by atoms with Crippen LogP contribution in [0.25, 0.3) is 0 Å². The average Bonchev–Trinajstić information content (AvgIpc) is 2.41. The van der Waals surface area contributed by atoms with Crippen LogP contribution in [0.5, 0.6) is 11.5 Å². The molecule has 1 aromatic rings. The highest BCUT2D eigenvalue weighted by atomic mass is 79.9. The standard InChI is InChI=1S/C13H19BrN2O2/c1-17-12-10(3-4-11(14)13(12)18-2)9-16-7-5-15-6-8-16/h3-4,15H,5-9H2,1-2H3. The highest BCUT2D eigenvalue weighted by Gasteiger charge is 2.17. The second-order valence-corrected chi connectivity index (χ2v) is 5.15. The fraction of sp³-hybridized carbons (Fsp3) is 0.538. The van der Waals surface area contributed by atoms with Crippen LogP contribution >= 0.6 is 15.9 Å². The van der Waals surface area contributed by atoms with E-state index in [1.807, 2.05) is 6.07 Å². The number of nitrogens with zero attached hydrogens (tertiary/aromatic N) is 1. The van der Waals surface area contributed by atoms with E-state index in [1.165, 1.54) is 5.56 Å². The van der Waals surface area contributed by atoms with Gasteiger partial charge in [0, 0.05) is 38.3 Å². The second kappa shape index (κ2) is 6.41. The number of benzene rings is 1. The molecule has 0 amide bonds. The Balaban J connectivity index is 2.21. The SMILES string of the molecule is COc1c(Br)ccc(CN2CCNCC2)c1OC. The number of hydrogen-bond acceptors (Lipinski definition) is 4. The van der Waals surface area contributed by atoms with Crippen molar-refractivity contribution in [3.8, 4) is 11.5 Å². The third-order valence-electron chi connectivity index (χ3n) is 3.16. The van der Waals surface area contributed by atoms with Crippen molar-refractivity contribution in [2.45, 2.75) is 6.54 Å². The van der Waals surface area contributed by atoms with Crippen LogP contribution in [0.1, 0.15) is 5.56 Å². The molecule has 1 heterocycles. The van der Waals surface area contributed by atoms with Crippen LogP contribution in [-0.2, 0) is 6.54 Å². The number of methoxy groups -OCH3 is 2. The lowest BCUT2D eigenvalue weighted by atomic mass is 10.1. The van der Waals surface area contributed by atoms with Gasteiger partial charge in [0.2, 0.25) is 0 Å². The molecule has 1 aliphatic rings. The van der Waals surface area contributed by atoms with E-state index in [1.54, 1.807) is 14.2 Å². The van der Waals surface area contributed by atoms with Crippen LogP contribution in [0, 0.1) is 0 Å². The van der Waals surface area contributed by atoms with Crippen molar-refractivity contribution in [1.82, 2.24) is 10.2 Å². The molecule has 2 rings (SSSR count). The molecule has 0 aromatic heterocycles.